The first-order valence-electron chi connectivity index (χ1n) is 28.2. The van der Waals surface area contributed by atoms with Gasteiger partial charge in [0, 0.05) is 88.3 Å². The number of likely N-dealkylation sites (tertiary alicyclic amines) is 1. The number of carbonyl (C=O) groups is 15. The number of ketones is 5. The average Bonchev–Trinajstić information content (AvgIpc) is 4.05. The second kappa shape index (κ2) is 37.4. The summed E-state index contributed by atoms with van der Waals surface area (Å²) in [6.07, 6.45) is -5.89. The van der Waals surface area contributed by atoms with Crippen molar-refractivity contribution in [1.29, 1.82) is 0 Å². The fourth-order valence-electron chi connectivity index (χ4n) is 9.34. The number of carbonyl (C=O) groups excluding carboxylic acids is 10. The van der Waals surface area contributed by atoms with E-state index in [9.17, 15) is 92.3 Å². The Morgan fingerprint density at radius 1 is 0.583 bits per heavy atom. The molecule has 0 aromatic heterocycles. The molecule has 466 valence electrons. The van der Waals surface area contributed by atoms with E-state index < -0.39 is 202 Å². The van der Waals surface area contributed by atoms with E-state index >= 15 is 0 Å². The monoisotopic (exact) mass is 1190 g/mol. The molecule has 0 saturated carbocycles. The molecule has 5 amide bonds. The summed E-state index contributed by atoms with van der Waals surface area (Å²) in [7, 11) is 0. The van der Waals surface area contributed by atoms with Gasteiger partial charge < -0.3 is 62.2 Å². The van der Waals surface area contributed by atoms with E-state index in [-0.39, 0.29) is 56.3 Å². The molecule has 0 aliphatic carbocycles. The fraction of sp³-hybridized carbons (Fsp3) is 0.632. The molecular weight excluding hydrogens is 1100 g/mol. The van der Waals surface area contributed by atoms with Crippen molar-refractivity contribution in [2.24, 2.45) is 23.5 Å². The first-order valence-corrected chi connectivity index (χ1v) is 28.2. The molecule has 84 heavy (non-hydrogen) atoms. The highest BCUT2D eigenvalue weighted by molar-refractivity contribution is 5.98. The number of ether oxygens (including phenoxy) is 1. The van der Waals surface area contributed by atoms with Gasteiger partial charge in [-0.1, -0.05) is 45.0 Å². The Bertz CT molecular complexity index is 2520. The van der Waals surface area contributed by atoms with Crippen LogP contribution in [0, 0.1) is 17.8 Å². The van der Waals surface area contributed by atoms with Crippen molar-refractivity contribution in [2.75, 3.05) is 19.8 Å². The topological polar surface area (TPSA) is 444 Å². The lowest BCUT2D eigenvalue weighted by Crippen LogP contribution is -2.51. The van der Waals surface area contributed by atoms with E-state index in [1.165, 1.54) is 24.0 Å². The lowest BCUT2D eigenvalue weighted by molar-refractivity contribution is -0.142. The van der Waals surface area contributed by atoms with Crippen LogP contribution < -0.4 is 27.0 Å². The van der Waals surface area contributed by atoms with Crippen molar-refractivity contribution in [3.8, 4) is 0 Å². The third kappa shape index (κ3) is 27.5. The van der Waals surface area contributed by atoms with Crippen LogP contribution in [0.5, 0.6) is 0 Å². The number of nitrogens with zero attached hydrogens (tertiary/aromatic N) is 1. The Balaban J connectivity index is 2.37. The van der Waals surface area contributed by atoms with Crippen molar-refractivity contribution in [2.45, 2.75) is 192 Å². The standard InChI is InChI=1S/C57H82N6O21/c1-5-8-44(65)41(27-32(2)3)62-57(83)43-9-6-25-63(43)48(69)31-84-26-7-10-45(66)42(28-34-11-13-35(14-12-34)33(4)64)61-55(81)37(16-21-50(72)73)30-46(67)39(18-23-52(76)77)59-54(80)36(15-20-49(70)71)29-47(68)40(19-24-53(78)79)60-56(82)38(58)17-22-51(74)75/h11-14,32,36-43H,5-10,15-31,58H2,1-4H3,(H,59,80)(H,60,82)(H,61,81)(H,62,83)(H,70,71)(H,72,73)(H,74,75)(H,76,77)(H,78,79)/t36-,37-,38+,39+,40+,41-,42-,43-/m0/s1. The van der Waals surface area contributed by atoms with Gasteiger partial charge in [0.2, 0.25) is 29.5 Å². The number of benzene rings is 1. The Morgan fingerprint density at radius 2 is 1.05 bits per heavy atom. The molecule has 1 aromatic carbocycles. The Kier molecular flexibility index (Phi) is 32.2. The molecule has 2 rings (SSSR count). The largest absolute Gasteiger partial charge is 0.481 e. The summed E-state index contributed by atoms with van der Waals surface area (Å²) in [6, 6.07) is -1.62. The average molecular weight is 1190 g/mol. The zero-order chi connectivity index (χ0) is 63.2. The third-order valence-corrected chi connectivity index (χ3v) is 14.0. The fourth-order valence-corrected chi connectivity index (χ4v) is 9.34. The van der Waals surface area contributed by atoms with E-state index in [0.717, 1.165) is 0 Å². The second-order valence-electron chi connectivity index (χ2n) is 21.4. The van der Waals surface area contributed by atoms with Gasteiger partial charge in [-0.05, 0) is 89.0 Å². The summed E-state index contributed by atoms with van der Waals surface area (Å²) in [5, 5.41) is 57.1. The minimum absolute atomic E-state index is 0.0213. The van der Waals surface area contributed by atoms with E-state index in [1.54, 1.807) is 12.1 Å². The van der Waals surface area contributed by atoms with Crippen molar-refractivity contribution < 1.29 is 102 Å². The molecular formula is C57H82N6O21. The highest BCUT2D eigenvalue weighted by Crippen LogP contribution is 2.22. The summed E-state index contributed by atoms with van der Waals surface area (Å²) >= 11 is 0. The molecule has 0 bridgehead atoms. The Morgan fingerprint density at radius 3 is 1.52 bits per heavy atom. The number of hydrogen-bond acceptors (Lipinski definition) is 17. The van der Waals surface area contributed by atoms with Gasteiger partial charge in [-0.3, -0.25) is 71.9 Å². The molecule has 27 heteroatoms. The van der Waals surface area contributed by atoms with Gasteiger partial charge in [0.25, 0.3) is 0 Å². The molecule has 1 heterocycles. The first-order chi connectivity index (χ1) is 39.5. The summed E-state index contributed by atoms with van der Waals surface area (Å²) in [5.41, 5.74) is 6.58. The highest BCUT2D eigenvalue weighted by Gasteiger charge is 2.37. The smallest absolute Gasteiger partial charge is 0.303 e. The maximum Gasteiger partial charge on any atom is 0.303 e. The molecule has 1 fully saturated rings. The molecule has 27 nitrogen and oxygen atoms in total. The number of amides is 5. The number of carboxylic acids is 5. The van der Waals surface area contributed by atoms with Gasteiger partial charge in [-0.25, -0.2) is 0 Å². The summed E-state index contributed by atoms with van der Waals surface area (Å²) in [6.45, 7) is 6.78. The molecule has 0 radical (unpaired) electrons. The van der Waals surface area contributed by atoms with Crippen LogP contribution in [0.4, 0.5) is 0 Å². The number of aliphatic carboxylic acids is 5. The number of nitrogens with two attached hydrogens (primary N) is 1. The van der Waals surface area contributed by atoms with Crippen LogP contribution in [-0.4, -0.2) is 175 Å². The molecule has 0 unspecified atom stereocenters. The van der Waals surface area contributed by atoms with E-state index in [2.05, 4.69) is 21.3 Å². The Labute approximate surface area is 486 Å². The summed E-state index contributed by atoms with van der Waals surface area (Å²) in [4.78, 5) is 194. The first kappa shape index (κ1) is 72.3. The second-order valence-corrected chi connectivity index (χ2v) is 21.4. The van der Waals surface area contributed by atoms with Gasteiger partial charge >= 0.3 is 29.8 Å². The minimum atomic E-state index is -1.76. The van der Waals surface area contributed by atoms with Crippen LogP contribution in [0.15, 0.2) is 24.3 Å². The number of nitrogens with one attached hydrogen (secondary N) is 4. The predicted molar refractivity (Wildman–Crippen MR) is 296 cm³/mol. The maximum absolute atomic E-state index is 14.3. The summed E-state index contributed by atoms with van der Waals surface area (Å²) < 4.78 is 5.64. The molecule has 11 N–H and O–H groups in total. The lowest BCUT2D eigenvalue weighted by atomic mass is 9.89. The van der Waals surface area contributed by atoms with Crippen molar-refractivity contribution in [3.05, 3.63) is 35.4 Å². The predicted octanol–water partition coefficient (Wildman–Crippen LogP) is 1.95. The van der Waals surface area contributed by atoms with Gasteiger partial charge in [0.1, 0.15) is 12.6 Å². The molecule has 1 aromatic rings. The van der Waals surface area contributed by atoms with Crippen molar-refractivity contribution in [1.82, 2.24) is 26.2 Å². The maximum atomic E-state index is 14.3. The van der Waals surface area contributed by atoms with Gasteiger partial charge in [-0.15, -0.1) is 0 Å². The van der Waals surface area contributed by atoms with Crippen LogP contribution in [0.25, 0.3) is 0 Å². The number of Topliss-reactive ketones (excluding diaryl/α,β-unsaturated/α-hetero) is 5. The number of carboxylic acid groups (broad SMARTS) is 5. The normalized spacial score (nSPS) is 15.5. The molecule has 1 saturated heterocycles. The zero-order valence-electron chi connectivity index (χ0n) is 48.1. The third-order valence-electron chi connectivity index (χ3n) is 14.0. The molecule has 1 aliphatic heterocycles. The Hall–Kier alpha value is -7.81. The molecule has 0 spiro atoms. The summed E-state index contributed by atoms with van der Waals surface area (Å²) in [5.74, 6) is -17.0. The lowest BCUT2D eigenvalue weighted by Gasteiger charge is -2.27. The minimum Gasteiger partial charge on any atom is -0.481 e. The van der Waals surface area contributed by atoms with Crippen LogP contribution >= 0.6 is 0 Å². The SMILES string of the molecule is CCCC(=O)[C@H](CC(C)C)NC(=O)[C@@H]1CCCN1C(=O)COCCCC(=O)[C@H](Cc1ccc(C(C)=O)cc1)NC(=O)[C@@H](CCC(=O)O)CC(=O)[C@@H](CCC(=O)O)NC(=O)[C@@H](CCC(=O)O)CC(=O)[C@@H](CCC(=O)O)NC(=O)[C@H](N)CCC(=O)O. The highest BCUT2D eigenvalue weighted by atomic mass is 16.5. The zero-order valence-corrected chi connectivity index (χ0v) is 48.1. The molecule has 8 atom stereocenters. The van der Waals surface area contributed by atoms with Crippen LogP contribution in [0.2, 0.25) is 0 Å². The van der Waals surface area contributed by atoms with Gasteiger partial charge in [-0.2, -0.15) is 0 Å². The van der Waals surface area contributed by atoms with E-state index in [1.807, 2.05) is 20.8 Å². The van der Waals surface area contributed by atoms with Gasteiger partial charge in [0.05, 0.1) is 30.2 Å². The van der Waals surface area contributed by atoms with E-state index in [4.69, 9.17) is 15.6 Å². The van der Waals surface area contributed by atoms with Crippen LogP contribution in [-0.2, 0) is 78.3 Å². The van der Waals surface area contributed by atoms with Crippen LogP contribution in [0.1, 0.15) is 166 Å². The van der Waals surface area contributed by atoms with Gasteiger partial charge in [0.15, 0.2) is 28.9 Å². The van der Waals surface area contributed by atoms with Crippen molar-refractivity contribution in [3.63, 3.8) is 0 Å². The van der Waals surface area contributed by atoms with Crippen molar-refractivity contribution >= 4 is 88.3 Å². The van der Waals surface area contributed by atoms with E-state index in [0.29, 0.717) is 43.2 Å². The number of hydrogen-bond donors (Lipinski definition) is 10. The van der Waals surface area contributed by atoms with Crippen LogP contribution in [0.3, 0.4) is 0 Å². The quantitative estimate of drug-likeness (QED) is 0.0330. The number of rotatable bonds is 44. The molecule has 1 aliphatic rings.